The Morgan fingerprint density at radius 2 is 1.95 bits per heavy atom. The molecule has 3 rings (SSSR count). The summed E-state index contributed by atoms with van der Waals surface area (Å²) in [5.74, 6) is 0.444. The molecule has 3 aromatic rings. The maximum atomic E-state index is 12.9. The fourth-order valence-electron chi connectivity index (χ4n) is 1.87. The molecule has 0 bridgehead atoms. The van der Waals surface area contributed by atoms with Crippen molar-refractivity contribution in [2.24, 2.45) is 0 Å². The molecule has 114 valence electrons. The highest BCUT2D eigenvalue weighted by atomic mass is 35.5. The van der Waals surface area contributed by atoms with Gasteiger partial charge < -0.3 is 8.98 Å². The molecular formula is C13H8ClF3N4O. The van der Waals surface area contributed by atoms with Gasteiger partial charge >= 0.3 is 6.18 Å². The summed E-state index contributed by atoms with van der Waals surface area (Å²) in [5, 5.41) is 0.348. The predicted molar refractivity (Wildman–Crippen MR) is 71.1 cm³/mol. The normalized spacial score (nSPS) is 11.8. The first-order valence-corrected chi connectivity index (χ1v) is 6.44. The van der Waals surface area contributed by atoms with E-state index in [1.807, 2.05) is 0 Å². The van der Waals surface area contributed by atoms with Gasteiger partial charge in [0, 0.05) is 18.6 Å². The molecule has 0 aliphatic rings. The highest BCUT2D eigenvalue weighted by Gasteiger charge is 2.35. The van der Waals surface area contributed by atoms with Crippen molar-refractivity contribution in [2.45, 2.75) is 12.7 Å². The van der Waals surface area contributed by atoms with E-state index in [0.29, 0.717) is 16.4 Å². The van der Waals surface area contributed by atoms with Gasteiger partial charge in [-0.15, -0.1) is 0 Å². The second-order valence-electron chi connectivity index (χ2n) is 4.40. The predicted octanol–water partition coefficient (Wildman–Crippen LogP) is 3.65. The van der Waals surface area contributed by atoms with Crippen LogP contribution in [0.2, 0.25) is 5.02 Å². The Balaban J connectivity index is 2.01. The van der Waals surface area contributed by atoms with Gasteiger partial charge in [-0.3, -0.25) is 0 Å². The van der Waals surface area contributed by atoms with Gasteiger partial charge in [0.1, 0.15) is 17.9 Å². The van der Waals surface area contributed by atoms with Crippen LogP contribution >= 0.6 is 11.6 Å². The van der Waals surface area contributed by atoms with Crippen molar-refractivity contribution in [1.29, 1.82) is 0 Å². The molecule has 0 amide bonds. The lowest BCUT2D eigenvalue weighted by atomic mass is 10.3. The Morgan fingerprint density at radius 3 is 2.55 bits per heavy atom. The average Bonchev–Trinajstić information content (AvgIpc) is 3.09. The van der Waals surface area contributed by atoms with Gasteiger partial charge in [-0.1, -0.05) is 11.6 Å². The van der Waals surface area contributed by atoms with Crippen LogP contribution in [0.4, 0.5) is 13.2 Å². The molecule has 0 atom stereocenters. The smallest absolute Gasteiger partial charge is 0.434 e. The topological polar surface area (TPSA) is 56.7 Å². The maximum absolute atomic E-state index is 12.9. The zero-order valence-corrected chi connectivity index (χ0v) is 11.6. The fourth-order valence-corrected chi connectivity index (χ4v) is 1.97. The Morgan fingerprint density at radius 1 is 1.23 bits per heavy atom. The van der Waals surface area contributed by atoms with Gasteiger partial charge in [0.2, 0.25) is 0 Å². The van der Waals surface area contributed by atoms with Gasteiger partial charge in [0.05, 0.1) is 23.4 Å². The summed E-state index contributed by atoms with van der Waals surface area (Å²) >= 11 is 5.69. The fraction of sp³-hybridized carbons (Fsp3) is 0.154. The zero-order chi connectivity index (χ0) is 15.7. The monoisotopic (exact) mass is 328 g/mol. The molecule has 3 aromatic heterocycles. The van der Waals surface area contributed by atoms with Gasteiger partial charge in [-0.25, -0.2) is 15.0 Å². The molecule has 3 heterocycles. The van der Waals surface area contributed by atoms with Crippen LogP contribution in [0.5, 0.6) is 0 Å². The lowest BCUT2D eigenvalue weighted by Crippen LogP contribution is -2.06. The summed E-state index contributed by atoms with van der Waals surface area (Å²) in [5.41, 5.74) is -0.554. The lowest BCUT2D eigenvalue weighted by molar-refractivity contribution is -0.140. The van der Waals surface area contributed by atoms with Crippen molar-refractivity contribution >= 4 is 11.6 Å². The molecule has 0 saturated carbocycles. The minimum absolute atomic E-state index is 0.0285. The maximum Gasteiger partial charge on any atom is 0.434 e. The highest BCUT2D eigenvalue weighted by molar-refractivity contribution is 6.30. The Bertz CT molecular complexity index is 766. The number of hydrogen-bond donors (Lipinski definition) is 0. The summed E-state index contributed by atoms with van der Waals surface area (Å²) < 4.78 is 44.8. The second kappa shape index (κ2) is 5.45. The van der Waals surface area contributed by atoms with Gasteiger partial charge in [0.25, 0.3) is 0 Å². The van der Waals surface area contributed by atoms with Crippen LogP contribution in [0.25, 0.3) is 11.4 Å². The first-order valence-electron chi connectivity index (χ1n) is 6.07. The molecule has 0 unspecified atom stereocenters. The first kappa shape index (κ1) is 14.6. The van der Waals surface area contributed by atoms with E-state index in [2.05, 4.69) is 15.0 Å². The van der Waals surface area contributed by atoms with Crippen LogP contribution in [-0.4, -0.2) is 19.5 Å². The van der Waals surface area contributed by atoms with Crippen molar-refractivity contribution in [3.63, 3.8) is 0 Å². The zero-order valence-electron chi connectivity index (χ0n) is 10.9. The average molecular weight is 329 g/mol. The third kappa shape index (κ3) is 2.96. The van der Waals surface area contributed by atoms with Crippen LogP contribution in [0, 0.1) is 0 Å². The van der Waals surface area contributed by atoms with Crippen LogP contribution in [0.1, 0.15) is 11.5 Å². The van der Waals surface area contributed by atoms with E-state index >= 15 is 0 Å². The molecule has 0 saturated heterocycles. The molecule has 22 heavy (non-hydrogen) atoms. The van der Waals surface area contributed by atoms with Crippen molar-refractivity contribution in [2.75, 3.05) is 0 Å². The number of alkyl halides is 3. The molecule has 9 heteroatoms. The highest BCUT2D eigenvalue weighted by Crippen LogP contribution is 2.31. The van der Waals surface area contributed by atoms with E-state index in [1.54, 1.807) is 0 Å². The summed E-state index contributed by atoms with van der Waals surface area (Å²) in [6, 6.07) is 1.53. The molecule has 0 radical (unpaired) electrons. The molecule has 0 aliphatic carbocycles. The molecule has 0 N–H and O–H groups in total. The molecule has 0 aliphatic heterocycles. The number of aromatic nitrogens is 4. The summed E-state index contributed by atoms with van der Waals surface area (Å²) in [6.07, 6.45) is 1.82. The van der Waals surface area contributed by atoms with Crippen molar-refractivity contribution < 1.29 is 17.6 Å². The van der Waals surface area contributed by atoms with Crippen molar-refractivity contribution in [3.8, 4) is 11.4 Å². The number of imidazole rings is 1. The lowest BCUT2D eigenvalue weighted by Gasteiger charge is -2.05. The minimum Gasteiger partial charge on any atom is -0.472 e. The van der Waals surface area contributed by atoms with E-state index in [9.17, 15) is 13.2 Å². The summed E-state index contributed by atoms with van der Waals surface area (Å²) in [4.78, 5) is 11.6. The van der Waals surface area contributed by atoms with Crippen molar-refractivity contribution in [1.82, 2.24) is 19.5 Å². The van der Waals surface area contributed by atoms with Gasteiger partial charge in [0.15, 0.2) is 5.69 Å². The molecule has 0 spiro atoms. The standard InChI is InChI=1S/C13H8ClF3N4O/c14-9-3-18-11(19-4-9)6-21-5-10(13(15,16)17)20-12(21)8-1-2-22-7-8/h1-5,7H,6H2. The van der Waals surface area contributed by atoms with E-state index < -0.39 is 11.9 Å². The molecule has 0 aromatic carbocycles. The third-order valence-electron chi connectivity index (χ3n) is 2.83. The minimum atomic E-state index is -4.54. The number of halogens is 4. The first-order chi connectivity index (χ1) is 10.4. The largest absolute Gasteiger partial charge is 0.472 e. The van der Waals surface area contributed by atoms with Gasteiger partial charge in [-0.2, -0.15) is 13.2 Å². The van der Waals surface area contributed by atoms with Crippen LogP contribution in [-0.2, 0) is 12.7 Å². The molecule has 0 fully saturated rings. The number of hydrogen-bond acceptors (Lipinski definition) is 4. The second-order valence-corrected chi connectivity index (χ2v) is 4.84. The number of furan rings is 1. The summed E-state index contributed by atoms with van der Waals surface area (Å²) in [7, 11) is 0. The molecular weight excluding hydrogens is 321 g/mol. The summed E-state index contributed by atoms with van der Waals surface area (Å²) in [6.45, 7) is 0.0285. The van der Waals surface area contributed by atoms with Crippen LogP contribution < -0.4 is 0 Å². The molecule has 5 nitrogen and oxygen atoms in total. The van der Waals surface area contributed by atoms with E-state index in [-0.39, 0.29) is 12.4 Å². The van der Waals surface area contributed by atoms with E-state index in [1.165, 1.54) is 35.6 Å². The SMILES string of the molecule is FC(F)(F)c1cn(Cc2ncc(Cl)cn2)c(-c2ccoc2)n1. The quantitative estimate of drug-likeness (QED) is 0.736. The van der Waals surface area contributed by atoms with Crippen LogP contribution in [0.3, 0.4) is 0 Å². The van der Waals surface area contributed by atoms with Crippen LogP contribution in [0.15, 0.2) is 41.6 Å². The van der Waals surface area contributed by atoms with E-state index in [4.69, 9.17) is 16.0 Å². The number of nitrogens with zero attached hydrogens (tertiary/aromatic N) is 4. The number of rotatable bonds is 3. The Labute approximate surface area is 127 Å². The Kier molecular flexibility index (Phi) is 3.61. The third-order valence-corrected chi connectivity index (χ3v) is 3.03. The van der Waals surface area contributed by atoms with E-state index in [0.717, 1.165) is 6.20 Å². The van der Waals surface area contributed by atoms with Gasteiger partial charge in [-0.05, 0) is 6.07 Å². The van der Waals surface area contributed by atoms with Crippen molar-refractivity contribution in [3.05, 3.63) is 53.7 Å². The Hall–Kier alpha value is -2.35.